The molecule has 320 valence electrons. The highest BCUT2D eigenvalue weighted by Crippen LogP contribution is 2.54. The van der Waals surface area contributed by atoms with Crippen LogP contribution in [0.2, 0.25) is 0 Å². The average molecular weight is 998 g/mol. The summed E-state index contributed by atoms with van der Waals surface area (Å²) in [6, 6.07) is 0.448. The zero-order chi connectivity index (χ0) is 41.3. The minimum Gasteiger partial charge on any atom is -0.511 e. The Morgan fingerprint density at radius 2 is 0.750 bits per heavy atom. The molecular weight excluding hydrogens is 937 g/mol. The molecule has 0 aromatic heterocycles. The van der Waals surface area contributed by atoms with Crippen LogP contribution in [-0.2, 0) is 0 Å². The number of aliphatic hydroxyl groups is 4. The van der Waals surface area contributed by atoms with E-state index < -0.39 is 0 Å². The van der Waals surface area contributed by atoms with Crippen LogP contribution in [0.15, 0.2) is 49.4 Å². The number of rotatable bonds is 8. The standard InChI is InChI=1S/2C10H17NOS3.2C8H13NOS3/c2*1-6(12)9-10(2,3)15-8-5-14-7(4-13)11(8)9;2*1-5(10)6-3-12-8-4-13-7(2-11)9(6)8/h2*7-9,12-13H,1,4-5H2,2-3H3;2*6-8,10-11H,1-4H2/t2*7-,8+,9-;2*6-,7+,8-/m1010/s1. The molecule has 0 aliphatic carbocycles. The van der Waals surface area contributed by atoms with Crippen LogP contribution < -0.4 is 0 Å². The Morgan fingerprint density at radius 3 is 1.02 bits per heavy atom. The predicted molar refractivity (Wildman–Crippen MR) is 273 cm³/mol. The lowest BCUT2D eigenvalue weighted by Gasteiger charge is -2.33. The van der Waals surface area contributed by atoms with Gasteiger partial charge in [-0.3, -0.25) is 19.6 Å². The highest BCUT2D eigenvalue weighted by molar-refractivity contribution is 8.06. The van der Waals surface area contributed by atoms with Gasteiger partial charge in [-0.25, -0.2) is 0 Å². The Hall–Kier alpha value is 2.20. The predicted octanol–water partition coefficient (Wildman–Crippen LogP) is 8.77. The van der Waals surface area contributed by atoms with Gasteiger partial charge in [-0.2, -0.15) is 50.5 Å². The Kier molecular flexibility index (Phi) is 18.7. The van der Waals surface area contributed by atoms with Crippen LogP contribution in [0.1, 0.15) is 27.7 Å². The van der Waals surface area contributed by atoms with E-state index in [-0.39, 0.29) is 33.7 Å². The Bertz CT molecular complexity index is 1320. The van der Waals surface area contributed by atoms with Crippen molar-refractivity contribution in [3.63, 3.8) is 0 Å². The molecule has 8 fully saturated rings. The summed E-state index contributed by atoms with van der Waals surface area (Å²) >= 11 is 32.9. The van der Waals surface area contributed by atoms with Gasteiger partial charge in [-0.1, -0.05) is 26.3 Å². The van der Waals surface area contributed by atoms with Crippen molar-refractivity contribution in [3.05, 3.63) is 49.4 Å². The first-order chi connectivity index (χ1) is 26.4. The molecule has 0 aromatic carbocycles. The molecule has 20 heteroatoms. The number of nitrogens with zero attached hydrogens (tertiary/aromatic N) is 4. The number of fused-ring (bicyclic) bond motifs is 4. The lowest BCUT2D eigenvalue weighted by Crippen LogP contribution is -2.45. The smallest absolute Gasteiger partial charge is 0.104 e. The van der Waals surface area contributed by atoms with Gasteiger partial charge in [-0.15, -0.1) is 94.1 Å². The first-order valence-corrected chi connectivity index (χ1v) is 29.1. The van der Waals surface area contributed by atoms with E-state index in [2.05, 4.69) is 124 Å². The molecular formula is C36H60N4O4S12. The molecule has 8 saturated heterocycles. The third-order valence-electron chi connectivity index (χ3n) is 10.8. The summed E-state index contributed by atoms with van der Waals surface area (Å²) in [6.07, 6.45) is 0. The summed E-state index contributed by atoms with van der Waals surface area (Å²) in [5.74, 6) is 11.1. The minimum absolute atomic E-state index is 0.0542. The van der Waals surface area contributed by atoms with E-state index in [0.29, 0.717) is 66.0 Å². The van der Waals surface area contributed by atoms with Gasteiger partial charge in [-0.05, 0) is 27.7 Å². The fraction of sp³-hybridized carbons (Fsp3) is 0.778. The van der Waals surface area contributed by atoms with Crippen LogP contribution in [-0.4, -0.2) is 174 Å². The van der Waals surface area contributed by atoms with Crippen LogP contribution >= 0.6 is 145 Å². The van der Waals surface area contributed by atoms with E-state index in [9.17, 15) is 20.4 Å². The largest absolute Gasteiger partial charge is 0.511 e. The fourth-order valence-electron chi connectivity index (χ4n) is 8.53. The van der Waals surface area contributed by atoms with Crippen molar-refractivity contribution in [2.45, 2.75) is 104 Å². The van der Waals surface area contributed by atoms with Gasteiger partial charge in [0.05, 0.1) is 67.2 Å². The lowest BCUT2D eigenvalue weighted by atomic mass is 10.0. The van der Waals surface area contributed by atoms with Gasteiger partial charge in [0.25, 0.3) is 0 Å². The van der Waals surface area contributed by atoms with Gasteiger partial charge in [0.2, 0.25) is 0 Å². The van der Waals surface area contributed by atoms with E-state index in [1.54, 1.807) is 0 Å². The maximum atomic E-state index is 9.76. The van der Waals surface area contributed by atoms with Gasteiger partial charge in [0.15, 0.2) is 0 Å². The SMILES string of the molecule is C=C(O)[C@@H]1CS[C@H]2CS[C@H](CS)N21.C=C(O)[C@@H]1N2[C@H](CS)SC[C@H]2SC1(C)C.C=C(O)[C@H]1CS[C@@H]2CS[C@@H](CS)N12.C=C(O)[C@H]1N2[C@H](CS[C@@H]2CS)SC1(C)C. The molecule has 56 heavy (non-hydrogen) atoms. The second kappa shape index (κ2) is 21.3. The molecule has 0 aromatic rings. The average Bonchev–Trinajstić information content (AvgIpc) is 3.96. The maximum Gasteiger partial charge on any atom is 0.104 e. The topological polar surface area (TPSA) is 93.9 Å². The molecule has 0 amide bonds. The van der Waals surface area contributed by atoms with Crippen LogP contribution in [0.25, 0.3) is 0 Å². The van der Waals surface area contributed by atoms with E-state index in [1.807, 2.05) is 94.1 Å². The van der Waals surface area contributed by atoms with E-state index in [4.69, 9.17) is 0 Å². The van der Waals surface area contributed by atoms with Crippen molar-refractivity contribution in [2.24, 2.45) is 0 Å². The van der Waals surface area contributed by atoms with Crippen LogP contribution in [0.3, 0.4) is 0 Å². The van der Waals surface area contributed by atoms with Gasteiger partial charge in [0, 0.05) is 67.0 Å². The molecule has 8 aliphatic rings. The number of hydrogen-bond donors (Lipinski definition) is 8. The number of thioether (sulfide) groups is 8. The van der Waals surface area contributed by atoms with Crippen molar-refractivity contribution in [1.82, 2.24) is 19.6 Å². The normalized spacial score (nSPS) is 39.3. The Labute approximate surface area is 392 Å². The lowest BCUT2D eigenvalue weighted by molar-refractivity contribution is 0.172. The monoisotopic (exact) mass is 996 g/mol. The molecule has 12 atom stereocenters. The Balaban J connectivity index is 0.000000143. The molecule has 0 saturated carbocycles. The van der Waals surface area contributed by atoms with Crippen LogP contribution in [0.5, 0.6) is 0 Å². The quantitative estimate of drug-likeness (QED) is 0.0880. The molecule has 0 unspecified atom stereocenters. The minimum atomic E-state index is 0.0542. The van der Waals surface area contributed by atoms with Crippen LogP contribution in [0, 0.1) is 0 Å². The third kappa shape index (κ3) is 10.8. The van der Waals surface area contributed by atoms with E-state index in [0.717, 1.165) is 57.5 Å². The zero-order valence-electron chi connectivity index (χ0n) is 32.5. The molecule has 0 spiro atoms. The van der Waals surface area contributed by atoms with Crippen molar-refractivity contribution in [3.8, 4) is 0 Å². The summed E-state index contributed by atoms with van der Waals surface area (Å²) in [6.45, 7) is 23.5. The summed E-state index contributed by atoms with van der Waals surface area (Å²) in [5, 5.41) is 42.3. The highest BCUT2D eigenvalue weighted by Gasteiger charge is 2.55. The number of aliphatic hydroxyl groups excluding tert-OH is 4. The van der Waals surface area contributed by atoms with Gasteiger partial charge >= 0.3 is 0 Å². The third-order valence-corrected chi connectivity index (χ3v) is 24.9. The highest BCUT2D eigenvalue weighted by atomic mass is 32.2. The molecule has 8 rings (SSSR count). The molecule has 8 nitrogen and oxygen atoms in total. The van der Waals surface area contributed by atoms with Crippen molar-refractivity contribution in [1.29, 1.82) is 0 Å². The maximum absolute atomic E-state index is 9.76. The van der Waals surface area contributed by atoms with Gasteiger partial charge in [0.1, 0.15) is 23.0 Å². The molecule has 4 N–H and O–H groups in total. The van der Waals surface area contributed by atoms with Crippen molar-refractivity contribution in [2.75, 3.05) is 57.5 Å². The second-order valence-corrected chi connectivity index (χ2v) is 27.8. The summed E-state index contributed by atoms with van der Waals surface area (Å²) in [4.78, 5) is 9.46. The van der Waals surface area contributed by atoms with Crippen molar-refractivity contribution >= 4 is 145 Å². The van der Waals surface area contributed by atoms with Crippen LogP contribution in [0.4, 0.5) is 0 Å². The molecule has 0 bridgehead atoms. The first-order valence-electron chi connectivity index (χ1n) is 18.5. The van der Waals surface area contributed by atoms with Crippen molar-refractivity contribution < 1.29 is 20.4 Å². The summed E-state index contributed by atoms with van der Waals surface area (Å²) in [5.41, 5.74) is 0. The second-order valence-electron chi connectivity index (χ2n) is 15.4. The van der Waals surface area contributed by atoms with E-state index in [1.165, 1.54) is 0 Å². The Morgan fingerprint density at radius 1 is 0.464 bits per heavy atom. The molecule has 8 heterocycles. The van der Waals surface area contributed by atoms with Gasteiger partial charge < -0.3 is 20.4 Å². The van der Waals surface area contributed by atoms with E-state index >= 15 is 0 Å². The number of hydrogen-bond acceptors (Lipinski definition) is 20. The summed E-state index contributed by atoms with van der Waals surface area (Å²) in [7, 11) is 0. The molecule has 8 aliphatic heterocycles. The first kappa shape index (κ1) is 49.2. The zero-order valence-corrected chi connectivity index (χ0v) is 42.6. The summed E-state index contributed by atoms with van der Waals surface area (Å²) < 4.78 is 0.108. The molecule has 0 radical (unpaired) electrons. The fourth-order valence-corrected chi connectivity index (χ4v) is 23.0. The number of thiol groups is 4.